The van der Waals surface area contributed by atoms with Gasteiger partial charge in [0.2, 0.25) is 0 Å². The summed E-state index contributed by atoms with van der Waals surface area (Å²) in [6.45, 7) is 2.21. The minimum absolute atomic E-state index is 0.347. The zero-order chi connectivity index (χ0) is 10.2. The number of rotatable bonds is 6. The summed E-state index contributed by atoms with van der Waals surface area (Å²) in [4.78, 5) is 1.32. The average molecular weight is 209 g/mol. The smallest absolute Gasteiger partial charge is 0.0133 e. The molecule has 0 radical (unpaired) electrons. The molecule has 0 amide bonds. The second-order valence-electron chi connectivity index (χ2n) is 3.53. The molecule has 1 aromatic carbocycles. The van der Waals surface area contributed by atoms with Crippen molar-refractivity contribution in [3.8, 4) is 0 Å². The first-order valence-corrected chi connectivity index (χ1v) is 6.25. The van der Waals surface area contributed by atoms with Crippen LogP contribution in [0.15, 0.2) is 35.2 Å². The SMILES string of the molecule is CCCCC(N)CSc1ccccc1. The molecule has 0 bridgehead atoms. The lowest BCUT2D eigenvalue weighted by molar-refractivity contribution is 0.622. The zero-order valence-corrected chi connectivity index (χ0v) is 9.59. The van der Waals surface area contributed by atoms with Gasteiger partial charge in [0.25, 0.3) is 0 Å². The van der Waals surface area contributed by atoms with Crippen molar-refractivity contribution in [3.63, 3.8) is 0 Å². The van der Waals surface area contributed by atoms with Crippen LogP contribution in [-0.4, -0.2) is 11.8 Å². The largest absolute Gasteiger partial charge is 0.327 e. The maximum absolute atomic E-state index is 5.99. The zero-order valence-electron chi connectivity index (χ0n) is 8.78. The highest BCUT2D eigenvalue weighted by Gasteiger charge is 2.02. The molecule has 0 spiro atoms. The Morgan fingerprint density at radius 1 is 1.29 bits per heavy atom. The van der Waals surface area contributed by atoms with E-state index in [1.807, 2.05) is 17.8 Å². The maximum Gasteiger partial charge on any atom is 0.0133 e. The predicted octanol–water partition coefficient (Wildman–Crippen LogP) is 3.30. The fourth-order valence-corrected chi connectivity index (χ4v) is 2.19. The van der Waals surface area contributed by atoms with E-state index in [9.17, 15) is 0 Å². The third kappa shape index (κ3) is 4.68. The Morgan fingerprint density at radius 2 is 2.00 bits per heavy atom. The van der Waals surface area contributed by atoms with Crippen LogP contribution in [0.4, 0.5) is 0 Å². The van der Waals surface area contributed by atoms with E-state index in [0.29, 0.717) is 6.04 Å². The van der Waals surface area contributed by atoms with E-state index < -0.39 is 0 Å². The number of unbranched alkanes of at least 4 members (excludes halogenated alkanes) is 1. The van der Waals surface area contributed by atoms with Crippen LogP contribution < -0.4 is 5.73 Å². The lowest BCUT2D eigenvalue weighted by atomic mass is 10.2. The second kappa shape index (κ2) is 6.91. The van der Waals surface area contributed by atoms with E-state index in [1.165, 1.54) is 17.7 Å². The van der Waals surface area contributed by atoms with Gasteiger partial charge in [-0.2, -0.15) is 0 Å². The van der Waals surface area contributed by atoms with Gasteiger partial charge in [-0.3, -0.25) is 0 Å². The first kappa shape index (κ1) is 11.6. The topological polar surface area (TPSA) is 26.0 Å². The van der Waals surface area contributed by atoms with Crippen LogP contribution in [0, 0.1) is 0 Å². The number of hydrogen-bond acceptors (Lipinski definition) is 2. The molecule has 0 aliphatic rings. The molecular formula is C12H19NS. The molecule has 0 saturated carbocycles. The van der Waals surface area contributed by atoms with Gasteiger partial charge in [0.1, 0.15) is 0 Å². The molecule has 1 aromatic rings. The van der Waals surface area contributed by atoms with Crippen LogP contribution in [0.5, 0.6) is 0 Å². The third-order valence-corrected chi connectivity index (χ3v) is 3.34. The first-order chi connectivity index (χ1) is 6.83. The van der Waals surface area contributed by atoms with Crippen LogP contribution in [0.1, 0.15) is 26.2 Å². The van der Waals surface area contributed by atoms with Crippen LogP contribution in [-0.2, 0) is 0 Å². The summed E-state index contributed by atoms with van der Waals surface area (Å²) in [5.74, 6) is 1.03. The Morgan fingerprint density at radius 3 is 2.64 bits per heavy atom. The number of nitrogens with two attached hydrogens (primary N) is 1. The minimum atomic E-state index is 0.347. The summed E-state index contributed by atoms with van der Waals surface area (Å²) in [6.07, 6.45) is 3.64. The Hall–Kier alpha value is -0.470. The monoisotopic (exact) mass is 209 g/mol. The van der Waals surface area contributed by atoms with E-state index in [-0.39, 0.29) is 0 Å². The average Bonchev–Trinajstić information content (AvgIpc) is 2.25. The van der Waals surface area contributed by atoms with E-state index in [2.05, 4.69) is 31.2 Å². The Labute approximate surface area is 91.1 Å². The highest BCUT2D eigenvalue weighted by molar-refractivity contribution is 7.99. The molecule has 78 valence electrons. The van der Waals surface area contributed by atoms with Crippen molar-refractivity contribution < 1.29 is 0 Å². The highest BCUT2D eigenvalue weighted by atomic mass is 32.2. The predicted molar refractivity (Wildman–Crippen MR) is 64.7 cm³/mol. The van der Waals surface area contributed by atoms with Crippen LogP contribution in [0.25, 0.3) is 0 Å². The van der Waals surface area contributed by atoms with Crippen molar-refractivity contribution in [2.24, 2.45) is 5.73 Å². The Balaban J connectivity index is 2.20. The quantitative estimate of drug-likeness (QED) is 0.727. The Bertz CT molecular complexity index is 235. The van der Waals surface area contributed by atoms with Gasteiger partial charge in [0, 0.05) is 16.7 Å². The fraction of sp³-hybridized carbons (Fsp3) is 0.500. The summed E-state index contributed by atoms with van der Waals surface area (Å²) >= 11 is 1.85. The molecule has 0 saturated heterocycles. The molecule has 2 N–H and O–H groups in total. The van der Waals surface area contributed by atoms with Gasteiger partial charge >= 0.3 is 0 Å². The summed E-state index contributed by atoms with van der Waals surface area (Å²) in [5.41, 5.74) is 5.99. The summed E-state index contributed by atoms with van der Waals surface area (Å²) in [6, 6.07) is 10.8. The normalized spacial score (nSPS) is 12.7. The first-order valence-electron chi connectivity index (χ1n) is 5.26. The van der Waals surface area contributed by atoms with Crippen LogP contribution >= 0.6 is 11.8 Å². The molecule has 1 unspecified atom stereocenters. The van der Waals surface area contributed by atoms with Crippen molar-refractivity contribution in [2.45, 2.75) is 37.1 Å². The van der Waals surface area contributed by atoms with Gasteiger partial charge in [-0.05, 0) is 18.6 Å². The van der Waals surface area contributed by atoms with E-state index in [1.54, 1.807) is 0 Å². The van der Waals surface area contributed by atoms with E-state index in [4.69, 9.17) is 5.73 Å². The second-order valence-corrected chi connectivity index (χ2v) is 4.62. The molecule has 2 heteroatoms. The molecular weight excluding hydrogens is 190 g/mol. The summed E-state index contributed by atoms with van der Waals surface area (Å²) in [7, 11) is 0. The lowest BCUT2D eigenvalue weighted by Gasteiger charge is -2.09. The number of hydrogen-bond donors (Lipinski definition) is 1. The molecule has 1 nitrogen and oxygen atoms in total. The number of benzene rings is 1. The molecule has 0 aromatic heterocycles. The van der Waals surface area contributed by atoms with Gasteiger partial charge in [-0.15, -0.1) is 11.8 Å². The molecule has 0 aliphatic carbocycles. The lowest BCUT2D eigenvalue weighted by Crippen LogP contribution is -2.22. The van der Waals surface area contributed by atoms with Crippen LogP contribution in [0.3, 0.4) is 0 Å². The molecule has 0 aliphatic heterocycles. The van der Waals surface area contributed by atoms with Gasteiger partial charge in [-0.25, -0.2) is 0 Å². The maximum atomic E-state index is 5.99. The molecule has 0 heterocycles. The minimum Gasteiger partial charge on any atom is -0.327 e. The standard InChI is InChI=1S/C12H19NS/c1-2-3-7-11(13)10-14-12-8-5-4-6-9-12/h4-6,8-9,11H,2-3,7,10,13H2,1H3. The van der Waals surface area contributed by atoms with Crippen molar-refractivity contribution in [3.05, 3.63) is 30.3 Å². The molecule has 14 heavy (non-hydrogen) atoms. The van der Waals surface area contributed by atoms with Crippen molar-refractivity contribution in [1.29, 1.82) is 0 Å². The highest BCUT2D eigenvalue weighted by Crippen LogP contribution is 2.18. The van der Waals surface area contributed by atoms with Gasteiger partial charge < -0.3 is 5.73 Å². The van der Waals surface area contributed by atoms with Crippen molar-refractivity contribution >= 4 is 11.8 Å². The summed E-state index contributed by atoms with van der Waals surface area (Å²) < 4.78 is 0. The van der Waals surface area contributed by atoms with Crippen LogP contribution in [0.2, 0.25) is 0 Å². The van der Waals surface area contributed by atoms with Gasteiger partial charge in [0.15, 0.2) is 0 Å². The van der Waals surface area contributed by atoms with E-state index >= 15 is 0 Å². The molecule has 1 rings (SSSR count). The summed E-state index contributed by atoms with van der Waals surface area (Å²) in [5, 5.41) is 0. The van der Waals surface area contributed by atoms with E-state index in [0.717, 1.165) is 12.2 Å². The van der Waals surface area contributed by atoms with Crippen molar-refractivity contribution in [1.82, 2.24) is 0 Å². The number of thioether (sulfide) groups is 1. The fourth-order valence-electron chi connectivity index (χ4n) is 1.27. The van der Waals surface area contributed by atoms with Gasteiger partial charge in [-0.1, -0.05) is 38.0 Å². The molecule has 1 atom stereocenters. The van der Waals surface area contributed by atoms with Gasteiger partial charge in [0.05, 0.1) is 0 Å². The molecule has 0 fully saturated rings. The Kier molecular flexibility index (Phi) is 5.72. The third-order valence-electron chi connectivity index (χ3n) is 2.14. The van der Waals surface area contributed by atoms with Crippen molar-refractivity contribution in [2.75, 3.05) is 5.75 Å².